The molecule has 25 heavy (non-hydrogen) atoms. The van der Waals surface area contributed by atoms with Gasteiger partial charge in [0.05, 0.1) is 6.61 Å². The molecule has 1 aliphatic rings. The van der Waals surface area contributed by atoms with Gasteiger partial charge in [-0.05, 0) is 58.7 Å². The molecule has 2 heterocycles. The van der Waals surface area contributed by atoms with Gasteiger partial charge in [0.2, 0.25) is 0 Å². The Hall–Kier alpha value is -0.640. The molecule has 0 unspecified atom stereocenters. The Morgan fingerprint density at radius 1 is 1.24 bits per heavy atom. The molecule has 0 radical (unpaired) electrons. The van der Waals surface area contributed by atoms with E-state index < -0.39 is 0 Å². The lowest BCUT2D eigenvalue weighted by Crippen LogP contribution is -2.42. The van der Waals surface area contributed by atoms with Gasteiger partial charge in [0.25, 0.3) is 0 Å². The van der Waals surface area contributed by atoms with Gasteiger partial charge in [0.1, 0.15) is 0 Å². The molecule has 1 aromatic rings. The second kappa shape index (κ2) is 9.89. The average Bonchev–Trinajstić information content (AvgIpc) is 2.99. The third kappa shape index (κ3) is 5.67. The number of halogens is 1. The van der Waals surface area contributed by atoms with Crippen molar-refractivity contribution in [1.82, 2.24) is 9.88 Å². The fourth-order valence-electron chi connectivity index (χ4n) is 3.89. The molecule has 0 N–H and O–H groups in total. The topological polar surface area (TPSA) is 25.4 Å². The van der Waals surface area contributed by atoms with Crippen molar-refractivity contribution in [2.75, 3.05) is 26.3 Å². The largest absolute Gasteiger partial charge is 0.381 e. The fraction of sp³-hybridized carbons (Fsp3) is 0.762. The Labute approximate surface area is 161 Å². The summed E-state index contributed by atoms with van der Waals surface area (Å²) >= 11 is 0. The summed E-state index contributed by atoms with van der Waals surface area (Å²) in [6.45, 7) is 15.1. The first-order chi connectivity index (χ1) is 11.4. The van der Waals surface area contributed by atoms with Crippen molar-refractivity contribution < 1.29 is 4.74 Å². The predicted octanol–water partition coefficient (Wildman–Crippen LogP) is 5.36. The van der Waals surface area contributed by atoms with Gasteiger partial charge < -0.3 is 4.74 Å². The van der Waals surface area contributed by atoms with Gasteiger partial charge in [0, 0.05) is 36.0 Å². The van der Waals surface area contributed by atoms with E-state index >= 15 is 0 Å². The third-order valence-corrected chi connectivity index (χ3v) is 5.77. The van der Waals surface area contributed by atoms with Crippen LogP contribution in [0.2, 0.25) is 0 Å². The number of aryl methyl sites for hydroxylation is 1. The summed E-state index contributed by atoms with van der Waals surface area (Å²) in [5.41, 5.74) is 2.76. The molecule has 1 aliphatic heterocycles. The number of hydrogen-bond acceptors (Lipinski definition) is 3. The Morgan fingerprint density at radius 3 is 2.60 bits per heavy atom. The van der Waals surface area contributed by atoms with E-state index in [1.165, 1.54) is 37.7 Å². The maximum absolute atomic E-state index is 5.89. The van der Waals surface area contributed by atoms with E-state index in [4.69, 9.17) is 4.74 Å². The molecule has 0 aliphatic carbocycles. The standard InChI is InChI=1S/C21H36N2O.ClH/c1-6-8-9-12-21(17-24-7-2)13-14-23(16-21)20(4,5)19-11-10-18(3)22-15-19;/h10-11,15H,6-9,12-14,16-17H2,1-5H3;1H/t21-;/m0./s1. The Balaban J connectivity index is 0.00000312. The molecule has 4 heteroatoms. The number of likely N-dealkylation sites (tertiary alicyclic amines) is 1. The van der Waals surface area contributed by atoms with Crippen LogP contribution < -0.4 is 0 Å². The number of nitrogens with zero attached hydrogens (tertiary/aromatic N) is 2. The zero-order valence-corrected chi connectivity index (χ0v) is 17.6. The molecule has 1 saturated heterocycles. The smallest absolute Gasteiger partial charge is 0.0535 e. The molecule has 0 saturated carbocycles. The summed E-state index contributed by atoms with van der Waals surface area (Å²) in [6, 6.07) is 4.36. The van der Waals surface area contributed by atoms with Gasteiger partial charge in [-0.3, -0.25) is 9.88 Å². The van der Waals surface area contributed by atoms with Gasteiger partial charge in [0.15, 0.2) is 0 Å². The number of pyridine rings is 1. The van der Waals surface area contributed by atoms with E-state index in [1.807, 2.05) is 6.92 Å². The Bertz CT molecular complexity index is 503. The van der Waals surface area contributed by atoms with Crippen molar-refractivity contribution in [2.45, 2.75) is 72.3 Å². The van der Waals surface area contributed by atoms with Gasteiger partial charge in [-0.25, -0.2) is 0 Å². The van der Waals surface area contributed by atoms with Crippen LogP contribution in [-0.2, 0) is 10.3 Å². The molecule has 0 amide bonds. The molecule has 0 bridgehead atoms. The molecule has 1 fully saturated rings. The number of rotatable bonds is 9. The number of ether oxygens (including phenoxy) is 1. The van der Waals surface area contributed by atoms with Crippen LogP contribution in [0.4, 0.5) is 0 Å². The first-order valence-electron chi connectivity index (χ1n) is 9.69. The minimum absolute atomic E-state index is 0. The highest BCUT2D eigenvalue weighted by molar-refractivity contribution is 5.85. The SMILES string of the molecule is CCCCC[C@]1(COCC)CCN(C(C)(C)c2ccc(C)nc2)C1.Cl. The van der Waals surface area contributed by atoms with Gasteiger partial charge in [-0.2, -0.15) is 0 Å². The molecule has 3 nitrogen and oxygen atoms in total. The van der Waals surface area contributed by atoms with Crippen LogP contribution in [0.15, 0.2) is 18.3 Å². The van der Waals surface area contributed by atoms with Crippen molar-refractivity contribution in [3.8, 4) is 0 Å². The highest BCUT2D eigenvalue weighted by Crippen LogP contribution is 2.41. The van der Waals surface area contributed by atoms with Crippen LogP contribution in [-0.4, -0.2) is 36.2 Å². The quantitative estimate of drug-likeness (QED) is 0.549. The first-order valence-corrected chi connectivity index (χ1v) is 9.69. The highest BCUT2D eigenvalue weighted by atomic mass is 35.5. The lowest BCUT2D eigenvalue weighted by molar-refractivity contribution is 0.0369. The van der Waals surface area contributed by atoms with Crippen molar-refractivity contribution in [1.29, 1.82) is 0 Å². The van der Waals surface area contributed by atoms with E-state index in [1.54, 1.807) is 0 Å². The summed E-state index contributed by atoms with van der Waals surface area (Å²) in [5, 5.41) is 0. The molecule has 1 atom stereocenters. The third-order valence-electron chi connectivity index (χ3n) is 5.77. The van der Waals surface area contributed by atoms with Crippen molar-refractivity contribution in [2.24, 2.45) is 5.41 Å². The van der Waals surface area contributed by atoms with Crippen LogP contribution in [0, 0.1) is 12.3 Å². The molecule has 0 spiro atoms. The average molecular weight is 369 g/mol. The molecule has 0 aromatic carbocycles. The van der Waals surface area contributed by atoms with E-state index in [-0.39, 0.29) is 17.9 Å². The second-order valence-electron chi connectivity index (χ2n) is 8.01. The summed E-state index contributed by atoms with van der Waals surface area (Å²) in [6.07, 6.45) is 8.53. The summed E-state index contributed by atoms with van der Waals surface area (Å²) in [4.78, 5) is 7.16. The maximum atomic E-state index is 5.89. The molecule has 2 rings (SSSR count). The van der Waals surface area contributed by atoms with Gasteiger partial charge >= 0.3 is 0 Å². The van der Waals surface area contributed by atoms with E-state index in [0.717, 1.165) is 32.0 Å². The summed E-state index contributed by atoms with van der Waals surface area (Å²) < 4.78 is 5.89. The van der Waals surface area contributed by atoms with Crippen LogP contribution in [0.3, 0.4) is 0 Å². The molecular formula is C21H37ClN2O. The Morgan fingerprint density at radius 2 is 2.00 bits per heavy atom. The van der Waals surface area contributed by atoms with Gasteiger partial charge in [-0.15, -0.1) is 12.4 Å². The van der Waals surface area contributed by atoms with Crippen LogP contribution in [0.5, 0.6) is 0 Å². The summed E-state index contributed by atoms with van der Waals surface area (Å²) in [5.74, 6) is 0. The van der Waals surface area contributed by atoms with E-state index in [2.05, 4.69) is 55.9 Å². The van der Waals surface area contributed by atoms with E-state index in [0.29, 0.717) is 5.41 Å². The molecular weight excluding hydrogens is 332 g/mol. The monoisotopic (exact) mass is 368 g/mol. The predicted molar refractivity (Wildman–Crippen MR) is 109 cm³/mol. The fourth-order valence-corrected chi connectivity index (χ4v) is 3.89. The lowest BCUT2D eigenvalue weighted by Gasteiger charge is -2.38. The van der Waals surface area contributed by atoms with Crippen LogP contribution >= 0.6 is 12.4 Å². The van der Waals surface area contributed by atoms with Gasteiger partial charge in [-0.1, -0.05) is 32.3 Å². The van der Waals surface area contributed by atoms with Crippen LogP contribution in [0.1, 0.15) is 71.1 Å². The maximum Gasteiger partial charge on any atom is 0.0535 e. The van der Waals surface area contributed by atoms with E-state index in [9.17, 15) is 0 Å². The van der Waals surface area contributed by atoms with Crippen LogP contribution in [0.25, 0.3) is 0 Å². The van der Waals surface area contributed by atoms with Crippen molar-refractivity contribution in [3.05, 3.63) is 29.6 Å². The zero-order chi connectivity index (χ0) is 17.6. The lowest BCUT2D eigenvalue weighted by atomic mass is 9.82. The normalized spacial score (nSPS) is 21.3. The van der Waals surface area contributed by atoms with Crippen molar-refractivity contribution in [3.63, 3.8) is 0 Å². The molecule has 144 valence electrons. The first kappa shape index (κ1) is 22.4. The number of unbranched alkanes of at least 4 members (excludes halogenated alkanes) is 2. The minimum Gasteiger partial charge on any atom is -0.381 e. The minimum atomic E-state index is 0. The highest BCUT2D eigenvalue weighted by Gasteiger charge is 2.43. The Kier molecular flexibility index (Phi) is 8.86. The number of hydrogen-bond donors (Lipinski definition) is 0. The number of aromatic nitrogens is 1. The summed E-state index contributed by atoms with van der Waals surface area (Å²) in [7, 11) is 0. The zero-order valence-electron chi connectivity index (χ0n) is 16.8. The molecule has 1 aromatic heterocycles. The second-order valence-corrected chi connectivity index (χ2v) is 8.01. The van der Waals surface area contributed by atoms with Crippen molar-refractivity contribution >= 4 is 12.4 Å².